The fourth-order valence-corrected chi connectivity index (χ4v) is 4.03. The number of halogens is 1. The van der Waals surface area contributed by atoms with Gasteiger partial charge < -0.3 is 9.64 Å². The second-order valence-electron chi connectivity index (χ2n) is 5.80. The lowest BCUT2D eigenvalue weighted by Gasteiger charge is -2.28. The molecule has 1 aliphatic rings. The quantitative estimate of drug-likeness (QED) is 0.613. The summed E-state index contributed by atoms with van der Waals surface area (Å²) in [5.41, 5.74) is 1.87. The second-order valence-corrected chi connectivity index (χ2v) is 7.22. The van der Waals surface area contributed by atoms with Crippen LogP contribution in [0.5, 0.6) is 0 Å². The number of aromatic nitrogens is 2. The second kappa shape index (κ2) is 6.60. The lowest BCUT2D eigenvalue weighted by molar-refractivity contribution is 0.122. The standard InChI is InChI=1S/C18H15ClN4OS/c1-11-14-16(23-7-9-24-10-8-23)21-15(12-3-5-13(19)6-4-12)22-18(14)25-17(11)20-2/h3-6H,7-10H2,1H3. The number of anilines is 1. The first kappa shape index (κ1) is 16.3. The van der Waals surface area contributed by atoms with E-state index in [0.29, 0.717) is 29.1 Å². The Morgan fingerprint density at radius 2 is 1.92 bits per heavy atom. The first-order valence-corrected chi connectivity index (χ1v) is 9.14. The van der Waals surface area contributed by atoms with Gasteiger partial charge in [0.05, 0.1) is 19.8 Å². The van der Waals surface area contributed by atoms with E-state index in [1.54, 1.807) is 0 Å². The fraction of sp³-hybridized carbons (Fsp3) is 0.278. The molecule has 0 unspecified atom stereocenters. The van der Waals surface area contributed by atoms with Crippen LogP contribution in [0.25, 0.3) is 26.4 Å². The van der Waals surface area contributed by atoms with Gasteiger partial charge in [-0.2, -0.15) is 0 Å². The van der Waals surface area contributed by atoms with Crippen LogP contribution in [0.15, 0.2) is 24.3 Å². The van der Waals surface area contributed by atoms with E-state index in [0.717, 1.165) is 40.3 Å². The maximum Gasteiger partial charge on any atom is 0.246 e. The minimum absolute atomic E-state index is 0.656. The van der Waals surface area contributed by atoms with Gasteiger partial charge in [0.2, 0.25) is 5.00 Å². The number of fused-ring (bicyclic) bond motifs is 1. The predicted molar refractivity (Wildman–Crippen MR) is 102 cm³/mol. The van der Waals surface area contributed by atoms with Gasteiger partial charge in [-0.1, -0.05) is 11.6 Å². The van der Waals surface area contributed by atoms with E-state index >= 15 is 0 Å². The van der Waals surface area contributed by atoms with Gasteiger partial charge in [-0.15, -0.1) is 11.3 Å². The molecule has 4 rings (SSSR count). The number of hydrogen-bond acceptors (Lipinski definition) is 5. The zero-order chi connectivity index (χ0) is 17.4. The Labute approximate surface area is 154 Å². The molecule has 1 aliphatic heterocycles. The van der Waals surface area contributed by atoms with E-state index in [-0.39, 0.29) is 0 Å². The molecule has 2 aromatic heterocycles. The summed E-state index contributed by atoms with van der Waals surface area (Å²) in [7, 11) is 0. The number of nitrogens with zero attached hydrogens (tertiary/aromatic N) is 4. The van der Waals surface area contributed by atoms with Gasteiger partial charge in [0.1, 0.15) is 10.6 Å². The van der Waals surface area contributed by atoms with Crippen LogP contribution < -0.4 is 4.90 Å². The maximum absolute atomic E-state index is 7.41. The van der Waals surface area contributed by atoms with Crippen molar-refractivity contribution < 1.29 is 4.74 Å². The Morgan fingerprint density at radius 1 is 1.20 bits per heavy atom. The summed E-state index contributed by atoms with van der Waals surface area (Å²) >= 11 is 7.42. The predicted octanol–water partition coefficient (Wildman–Crippen LogP) is 4.71. The van der Waals surface area contributed by atoms with E-state index in [2.05, 4.69) is 9.74 Å². The Bertz CT molecular complexity index is 971. The van der Waals surface area contributed by atoms with Crippen molar-refractivity contribution in [2.75, 3.05) is 31.2 Å². The molecule has 126 valence electrons. The molecular weight excluding hydrogens is 356 g/mol. The molecule has 0 aliphatic carbocycles. The zero-order valence-electron chi connectivity index (χ0n) is 13.6. The number of morpholine rings is 1. The van der Waals surface area contributed by atoms with Gasteiger partial charge in [-0.05, 0) is 36.8 Å². The van der Waals surface area contributed by atoms with Crippen molar-refractivity contribution in [3.63, 3.8) is 0 Å². The van der Waals surface area contributed by atoms with Crippen molar-refractivity contribution in [1.29, 1.82) is 0 Å². The molecule has 0 spiro atoms. The molecular formula is C18H15ClN4OS. The lowest BCUT2D eigenvalue weighted by Crippen LogP contribution is -2.37. The topological polar surface area (TPSA) is 42.6 Å². The Balaban J connectivity index is 1.94. The molecule has 3 heterocycles. The molecule has 0 radical (unpaired) electrons. The molecule has 1 saturated heterocycles. The largest absolute Gasteiger partial charge is 0.378 e. The Morgan fingerprint density at radius 3 is 2.60 bits per heavy atom. The minimum atomic E-state index is 0.656. The average Bonchev–Trinajstić information content (AvgIpc) is 2.98. The van der Waals surface area contributed by atoms with Crippen molar-refractivity contribution in [2.45, 2.75) is 6.92 Å². The van der Waals surface area contributed by atoms with Crippen molar-refractivity contribution in [1.82, 2.24) is 9.97 Å². The molecule has 0 atom stereocenters. The van der Waals surface area contributed by atoms with Gasteiger partial charge in [-0.25, -0.2) is 14.8 Å². The van der Waals surface area contributed by atoms with E-state index in [1.165, 1.54) is 11.3 Å². The van der Waals surface area contributed by atoms with Crippen molar-refractivity contribution in [3.05, 3.63) is 46.3 Å². The van der Waals surface area contributed by atoms with Crippen LogP contribution in [0.3, 0.4) is 0 Å². The SMILES string of the molecule is [C-]#[N+]c1sc2nc(-c3ccc(Cl)cc3)nc(N3CCOCC3)c2c1C. The van der Waals surface area contributed by atoms with E-state index in [4.69, 9.17) is 32.9 Å². The molecule has 0 N–H and O–H groups in total. The van der Waals surface area contributed by atoms with E-state index in [1.807, 2.05) is 31.2 Å². The molecule has 0 saturated carbocycles. The lowest BCUT2D eigenvalue weighted by atomic mass is 10.2. The third-order valence-corrected chi connectivity index (χ3v) is 5.59. The summed E-state index contributed by atoms with van der Waals surface area (Å²) < 4.78 is 5.47. The molecule has 0 bridgehead atoms. The number of hydrogen-bond donors (Lipinski definition) is 0. The monoisotopic (exact) mass is 370 g/mol. The number of aryl methyl sites for hydroxylation is 1. The normalized spacial score (nSPS) is 14.7. The first-order valence-electron chi connectivity index (χ1n) is 7.94. The van der Waals surface area contributed by atoms with Crippen LogP contribution in [-0.2, 0) is 4.74 Å². The Hall–Kier alpha value is -2.20. The molecule has 1 fully saturated rings. The third kappa shape index (κ3) is 2.95. The third-order valence-electron chi connectivity index (χ3n) is 4.26. The van der Waals surface area contributed by atoms with E-state index < -0.39 is 0 Å². The average molecular weight is 371 g/mol. The zero-order valence-corrected chi connectivity index (χ0v) is 15.2. The van der Waals surface area contributed by atoms with Gasteiger partial charge in [0.25, 0.3) is 0 Å². The summed E-state index contributed by atoms with van der Waals surface area (Å²) in [5, 5.41) is 2.34. The van der Waals surface area contributed by atoms with Gasteiger partial charge >= 0.3 is 0 Å². The van der Waals surface area contributed by atoms with E-state index in [9.17, 15) is 0 Å². The highest BCUT2D eigenvalue weighted by molar-refractivity contribution is 7.22. The highest BCUT2D eigenvalue weighted by Gasteiger charge is 2.22. The van der Waals surface area contributed by atoms with Crippen LogP contribution in [-0.4, -0.2) is 36.3 Å². The van der Waals surface area contributed by atoms with Gasteiger partial charge in [-0.3, -0.25) is 0 Å². The molecule has 3 aromatic rings. The number of rotatable bonds is 2. The minimum Gasteiger partial charge on any atom is -0.378 e. The highest BCUT2D eigenvalue weighted by atomic mass is 35.5. The summed E-state index contributed by atoms with van der Waals surface area (Å²) in [6.07, 6.45) is 0. The highest BCUT2D eigenvalue weighted by Crippen LogP contribution is 2.41. The first-order chi connectivity index (χ1) is 12.2. The smallest absolute Gasteiger partial charge is 0.246 e. The van der Waals surface area contributed by atoms with Crippen LogP contribution in [0.2, 0.25) is 5.02 Å². The van der Waals surface area contributed by atoms with Crippen molar-refractivity contribution in [2.24, 2.45) is 0 Å². The summed E-state index contributed by atoms with van der Waals surface area (Å²) in [4.78, 5) is 16.3. The summed E-state index contributed by atoms with van der Waals surface area (Å²) in [6.45, 7) is 12.3. The fourth-order valence-electron chi connectivity index (χ4n) is 2.94. The molecule has 25 heavy (non-hydrogen) atoms. The van der Waals surface area contributed by atoms with Gasteiger partial charge in [0.15, 0.2) is 5.82 Å². The Kier molecular flexibility index (Phi) is 4.30. The van der Waals surface area contributed by atoms with Crippen molar-refractivity contribution in [3.8, 4) is 11.4 Å². The summed E-state index contributed by atoms with van der Waals surface area (Å²) in [6, 6.07) is 7.51. The van der Waals surface area contributed by atoms with Crippen LogP contribution in [0.4, 0.5) is 10.8 Å². The molecule has 0 amide bonds. The van der Waals surface area contributed by atoms with Crippen molar-refractivity contribution >= 4 is 44.0 Å². The number of ether oxygens (including phenoxy) is 1. The maximum atomic E-state index is 7.41. The number of benzene rings is 1. The molecule has 5 nitrogen and oxygen atoms in total. The van der Waals surface area contributed by atoms with Crippen LogP contribution >= 0.6 is 22.9 Å². The molecule has 1 aromatic carbocycles. The van der Waals surface area contributed by atoms with Crippen LogP contribution in [0.1, 0.15) is 5.56 Å². The van der Waals surface area contributed by atoms with Gasteiger partial charge in [0, 0.05) is 29.1 Å². The number of thiophene rings is 1. The summed E-state index contributed by atoms with van der Waals surface area (Å²) in [5.74, 6) is 1.55. The van der Waals surface area contributed by atoms with Crippen LogP contribution in [0, 0.1) is 13.5 Å². The molecule has 7 heteroatoms.